The van der Waals surface area contributed by atoms with Gasteiger partial charge in [-0.05, 0) is 17.5 Å². The van der Waals surface area contributed by atoms with Crippen LogP contribution < -0.4 is 4.74 Å². The summed E-state index contributed by atoms with van der Waals surface area (Å²) in [6.45, 7) is 6.55. The van der Waals surface area contributed by atoms with Crippen LogP contribution in [0.5, 0.6) is 5.75 Å². The molecule has 0 aliphatic heterocycles. The molecule has 2 heteroatoms. The average Bonchev–Trinajstić information content (AvgIpc) is 2.59. The Hall–Kier alpha value is -1.44. The second-order valence-electron chi connectivity index (χ2n) is 4.76. The van der Waals surface area contributed by atoms with E-state index in [2.05, 4.69) is 26.8 Å². The molecule has 0 unspecified atom stereocenters. The summed E-state index contributed by atoms with van der Waals surface area (Å²) in [5.74, 6) is 0.831. The van der Waals surface area contributed by atoms with Crippen molar-refractivity contribution in [1.29, 1.82) is 0 Å². The Bertz CT molecular complexity index is 475. The number of ether oxygens (including phenoxy) is 1. The maximum atomic E-state index is 5.54. The van der Waals surface area contributed by atoms with Gasteiger partial charge in [-0.15, -0.1) is 0 Å². The van der Waals surface area contributed by atoms with Gasteiger partial charge in [-0.25, -0.2) is 0 Å². The highest BCUT2D eigenvalue weighted by atomic mass is 16.5. The molecule has 0 N–H and O–H groups in total. The van der Waals surface area contributed by atoms with E-state index in [1.54, 1.807) is 7.11 Å². The largest absolute Gasteiger partial charge is 0.497 e. The second kappa shape index (κ2) is 3.30. The summed E-state index contributed by atoms with van der Waals surface area (Å²) < 4.78 is 10.7. The molecule has 0 radical (unpaired) electrons. The van der Waals surface area contributed by atoms with Gasteiger partial charge in [0.15, 0.2) is 0 Å². The molecule has 15 heavy (non-hydrogen) atoms. The van der Waals surface area contributed by atoms with Gasteiger partial charge >= 0.3 is 0 Å². The summed E-state index contributed by atoms with van der Waals surface area (Å²) in [4.78, 5) is 0. The minimum absolute atomic E-state index is 0.111. The lowest BCUT2D eigenvalue weighted by molar-refractivity contribution is 0.414. The van der Waals surface area contributed by atoms with Gasteiger partial charge in [0.1, 0.15) is 11.3 Å². The van der Waals surface area contributed by atoms with E-state index in [4.69, 9.17) is 9.15 Å². The zero-order valence-corrected chi connectivity index (χ0v) is 9.63. The zero-order valence-electron chi connectivity index (χ0n) is 9.63. The molecule has 0 fully saturated rings. The molecular formula is C13H16O2. The highest BCUT2D eigenvalue weighted by Gasteiger charge is 2.19. The van der Waals surface area contributed by atoms with Gasteiger partial charge in [-0.1, -0.05) is 20.8 Å². The van der Waals surface area contributed by atoms with E-state index in [1.807, 2.05) is 18.4 Å². The lowest BCUT2D eigenvalue weighted by Gasteiger charge is -2.16. The van der Waals surface area contributed by atoms with Crippen molar-refractivity contribution in [1.82, 2.24) is 0 Å². The van der Waals surface area contributed by atoms with Crippen molar-refractivity contribution >= 4 is 11.0 Å². The van der Waals surface area contributed by atoms with Gasteiger partial charge in [0.25, 0.3) is 0 Å². The Morgan fingerprint density at radius 1 is 1.20 bits per heavy atom. The minimum atomic E-state index is 0.111. The van der Waals surface area contributed by atoms with Crippen LogP contribution in [0.1, 0.15) is 26.3 Å². The van der Waals surface area contributed by atoms with Gasteiger partial charge in [-0.3, -0.25) is 0 Å². The van der Waals surface area contributed by atoms with E-state index in [0.29, 0.717) is 0 Å². The Morgan fingerprint density at radius 2 is 1.93 bits per heavy atom. The van der Waals surface area contributed by atoms with Gasteiger partial charge in [0, 0.05) is 17.0 Å². The second-order valence-corrected chi connectivity index (χ2v) is 4.76. The molecule has 0 aliphatic rings. The normalized spacial score (nSPS) is 12.0. The summed E-state index contributed by atoms with van der Waals surface area (Å²) in [7, 11) is 1.66. The molecule has 0 bridgehead atoms. The van der Waals surface area contributed by atoms with E-state index < -0.39 is 0 Å². The molecule has 2 aromatic rings. The minimum Gasteiger partial charge on any atom is -0.497 e. The first-order valence-electron chi connectivity index (χ1n) is 5.08. The molecule has 80 valence electrons. The first-order valence-corrected chi connectivity index (χ1v) is 5.08. The summed E-state index contributed by atoms with van der Waals surface area (Å²) in [5.41, 5.74) is 2.24. The van der Waals surface area contributed by atoms with Gasteiger partial charge in [0.05, 0.1) is 13.4 Å². The predicted molar refractivity (Wildman–Crippen MR) is 61.5 cm³/mol. The lowest BCUT2D eigenvalue weighted by Crippen LogP contribution is -2.09. The Kier molecular flexibility index (Phi) is 2.22. The highest BCUT2D eigenvalue weighted by Crippen LogP contribution is 2.33. The third kappa shape index (κ3) is 1.72. The Labute approximate surface area is 89.8 Å². The number of fused-ring (bicyclic) bond motifs is 1. The Morgan fingerprint density at radius 3 is 2.53 bits per heavy atom. The molecule has 1 aromatic carbocycles. The fraction of sp³-hybridized carbons (Fsp3) is 0.385. The third-order valence-corrected chi connectivity index (χ3v) is 2.59. The first kappa shape index (κ1) is 10.1. The summed E-state index contributed by atoms with van der Waals surface area (Å²) in [6, 6.07) is 5.94. The summed E-state index contributed by atoms with van der Waals surface area (Å²) >= 11 is 0. The molecule has 1 aromatic heterocycles. The van der Waals surface area contributed by atoms with Gasteiger partial charge in [0.2, 0.25) is 0 Å². The SMILES string of the molecule is COc1ccc2c(C(C)(C)C)coc2c1. The van der Waals surface area contributed by atoms with Crippen LogP contribution >= 0.6 is 0 Å². The quantitative estimate of drug-likeness (QED) is 0.706. The molecule has 2 nitrogen and oxygen atoms in total. The number of hydrogen-bond acceptors (Lipinski definition) is 2. The third-order valence-electron chi connectivity index (χ3n) is 2.59. The van der Waals surface area contributed by atoms with Gasteiger partial charge in [-0.2, -0.15) is 0 Å². The number of benzene rings is 1. The van der Waals surface area contributed by atoms with Crippen LogP contribution in [0.3, 0.4) is 0 Å². The molecule has 1 heterocycles. The first-order chi connectivity index (χ1) is 7.02. The van der Waals surface area contributed by atoms with E-state index in [-0.39, 0.29) is 5.41 Å². The number of methoxy groups -OCH3 is 1. The molecular weight excluding hydrogens is 188 g/mol. The molecule has 0 amide bonds. The molecule has 0 saturated carbocycles. The monoisotopic (exact) mass is 204 g/mol. The lowest BCUT2D eigenvalue weighted by atomic mass is 9.87. The smallest absolute Gasteiger partial charge is 0.137 e. The van der Waals surface area contributed by atoms with Crippen LogP contribution in [0.15, 0.2) is 28.9 Å². The van der Waals surface area contributed by atoms with Gasteiger partial charge < -0.3 is 9.15 Å². The molecule has 0 spiro atoms. The van der Waals surface area contributed by atoms with Crippen LogP contribution in [0, 0.1) is 0 Å². The van der Waals surface area contributed by atoms with Crippen LogP contribution in [0.4, 0.5) is 0 Å². The van der Waals surface area contributed by atoms with Crippen molar-refractivity contribution in [3.8, 4) is 5.75 Å². The van der Waals surface area contributed by atoms with E-state index in [9.17, 15) is 0 Å². The summed E-state index contributed by atoms with van der Waals surface area (Å²) in [6.07, 6.45) is 1.84. The predicted octanol–water partition coefficient (Wildman–Crippen LogP) is 3.74. The van der Waals surface area contributed by atoms with Crippen LogP contribution in [0.25, 0.3) is 11.0 Å². The number of rotatable bonds is 1. The number of hydrogen-bond donors (Lipinski definition) is 0. The molecule has 2 rings (SSSR count). The van der Waals surface area contributed by atoms with Crippen molar-refractivity contribution in [3.63, 3.8) is 0 Å². The zero-order chi connectivity index (χ0) is 11.1. The van der Waals surface area contributed by atoms with Crippen LogP contribution in [-0.2, 0) is 5.41 Å². The highest BCUT2D eigenvalue weighted by molar-refractivity contribution is 5.83. The van der Waals surface area contributed by atoms with Crippen molar-refractivity contribution in [3.05, 3.63) is 30.0 Å². The summed E-state index contributed by atoms with van der Waals surface area (Å²) in [5, 5.41) is 1.17. The van der Waals surface area contributed by atoms with Crippen LogP contribution in [0.2, 0.25) is 0 Å². The Balaban J connectivity index is 2.62. The van der Waals surface area contributed by atoms with Crippen LogP contribution in [-0.4, -0.2) is 7.11 Å². The maximum absolute atomic E-state index is 5.54. The van der Waals surface area contributed by atoms with Crippen molar-refractivity contribution in [2.75, 3.05) is 7.11 Å². The van der Waals surface area contributed by atoms with E-state index in [0.717, 1.165) is 11.3 Å². The number of furan rings is 1. The van der Waals surface area contributed by atoms with Crippen molar-refractivity contribution in [2.45, 2.75) is 26.2 Å². The van der Waals surface area contributed by atoms with Crippen molar-refractivity contribution < 1.29 is 9.15 Å². The maximum Gasteiger partial charge on any atom is 0.137 e. The van der Waals surface area contributed by atoms with E-state index >= 15 is 0 Å². The van der Waals surface area contributed by atoms with E-state index in [1.165, 1.54) is 10.9 Å². The topological polar surface area (TPSA) is 22.4 Å². The standard InChI is InChI=1S/C13H16O2/c1-13(2,3)11-8-15-12-7-9(14-4)5-6-10(11)12/h5-8H,1-4H3. The molecule has 0 aliphatic carbocycles. The fourth-order valence-corrected chi connectivity index (χ4v) is 1.72. The average molecular weight is 204 g/mol. The molecule has 0 atom stereocenters. The molecule has 0 saturated heterocycles. The van der Waals surface area contributed by atoms with Crippen molar-refractivity contribution in [2.24, 2.45) is 0 Å². The fourth-order valence-electron chi connectivity index (χ4n) is 1.72.